The van der Waals surface area contributed by atoms with Crippen LogP contribution in [0.2, 0.25) is 5.02 Å². The second kappa shape index (κ2) is 11.7. The summed E-state index contributed by atoms with van der Waals surface area (Å²) in [6, 6.07) is 3.79. The first-order chi connectivity index (χ1) is 19.8. The number of aliphatic hydroxyl groups is 2. The van der Waals surface area contributed by atoms with E-state index in [1.165, 1.54) is 13.3 Å². The molecular formula is C24H19BrClF5N6O4S. The molecule has 0 radical (unpaired) electrons. The van der Waals surface area contributed by atoms with Crippen molar-refractivity contribution in [3.63, 3.8) is 0 Å². The van der Waals surface area contributed by atoms with Crippen molar-refractivity contribution in [1.29, 1.82) is 0 Å². The largest absolute Gasteiger partial charge is 0.418 e. The van der Waals surface area contributed by atoms with Gasteiger partial charge in [-0.2, -0.15) is 18.3 Å². The first kappa shape index (κ1) is 30.7. The van der Waals surface area contributed by atoms with E-state index in [4.69, 9.17) is 33.3 Å². The Morgan fingerprint density at radius 1 is 1.21 bits per heavy atom. The molecule has 10 nitrogen and oxygen atoms in total. The summed E-state index contributed by atoms with van der Waals surface area (Å²) in [6.45, 7) is -0.717. The Labute approximate surface area is 251 Å². The molecule has 1 fully saturated rings. The van der Waals surface area contributed by atoms with Gasteiger partial charge in [-0.05, 0) is 58.5 Å². The van der Waals surface area contributed by atoms with E-state index in [1.807, 2.05) is 0 Å². The van der Waals surface area contributed by atoms with E-state index in [0.29, 0.717) is 0 Å². The number of halogens is 7. The molecule has 0 spiro atoms. The number of methoxy groups -OCH3 is 1. The predicted molar refractivity (Wildman–Crippen MR) is 142 cm³/mol. The summed E-state index contributed by atoms with van der Waals surface area (Å²) < 4.78 is 83.3. The molecule has 18 heteroatoms. The van der Waals surface area contributed by atoms with Crippen LogP contribution in [0.4, 0.5) is 22.0 Å². The van der Waals surface area contributed by atoms with E-state index in [-0.39, 0.29) is 31.3 Å². The van der Waals surface area contributed by atoms with Crippen molar-refractivity contribution in [2.45, 2.75) is 36.6 Å². The molecule has 4 aromatic rings. The van der Waals surface area contributed by atoms with Gasteiger partial charge in [0.05, 0.1) is 28.5 Å². The number of hydrogen-bond donors (Lipinski definition) is 3. The number of nitrogens with one attached hydrogen (secondary N) is 1. The summed E-state index contributed by atoms with van der Waals surface area (Å²) >= 11 is 14.1. The van der Waals surface area contributed by atoms with E-state index < -0.39 is 66.1 Å². The van der Waals surface area contributed by atoms with Gasteiger partial charge < -0.3 is 19.7 Å². The van der Waals surface area contributed by atoms with E-state index in [1.54, 1.807) is 0 Å². The molecule has 1 aliphatic heterocycles. The smallest absolute Gasteiger partial charge is 0.394 e. The molecule has 2 aromatic heterocycles. The highest BCUT2D eigenvalue weighted by molar-refractivity contribution is 9.10. The minimum absolute atomic E-state index is 0.0163. The van der Waals surface area contributed by atoms with Crippen LogP contribution in [0.25, 0.3) is 16.9 Å². The monoisotopic (exact) mass is 696 g/mol. The molecule has 0 bridgehead atoms. The van der Waals surface area contributed by atoms with Gasteiger partial charge in [0, 0.05) is 17.7 Å². The first-order valence-electron chi connectivity index (χ1n) is 11.9. The summed E-state index contributed by atoms with van der Waals surface area (Å²) in [6.07, 6.45) is -8.86. The van der Waals surface area contributed by atoms with Crippen LogP contribution in [-0.4, -0.2) is 72.0 Å². The second-order valence-corrected chi connectivity index (χ2v) is 10.8. The average molecular weight is 698 g/mol. The van der Waals surface area contributed by atoms with Crippen molar-refractivity contribution in [3.05, 3.63) is 73.8 Å². The molecule has 1 saturated heterocycles. The maximum absolute atomic E-state index is 14.2. The lowest BCUT2D eigenvalue weighted by Gasteiger charge is -2.43. The maximum Gasteiger partial charge on any atom is 0.418 e. The third kappa shape index (κ3) is 5.49. The van der Waals surface area contributed by atoms with Crippen LogP contribution in [0.5, 0.6) is 0 Å². The Balaban J connectivity index is 1.62. The number of aromatic nitrogens is 6. The molecule has 224 valence electrons. The van der Waals surface area contributed by atoms with Gasteiger partial charge in [0.2, 0.25) is 0 Å². The van der Waals surface area contributed by atoms with Crippen LogP contribution in [0.3, 0.4) is 0 Å². The van der Waals surface area contributed by atoms with Gasteiger partial charge in [0.1, 0.15) is 47.8 Å². The Hall–Kier alpha value is -2.80. The Morgan fingerprint density at radius 3 is 2.52 bits per heavy atom. The topological polar surface area (TPSA) is 123 Å². The number of ether oxygens (including phenoxy) is 2. The lowest BCUT2D eigenvalue weighted by atomic mass is 9.91. The number of hydrogen-bond acceptors (Lipinski definition) is 8. The van der Waals surface area contributed by atoms with E-state index in [2.05, 4.69) is 36.4 Å². The van der Waals surface area contributed by atoms with Crippen molar-refractivity contribution in [2.75, 3.05) is 13.7 Å². The van der Waals surface area contributed by atoms with Gasteiger partial charge in [-0.25, -0.2) is 13.5 Å². The summed E-state index contributed by atoms with van der Waals surface area (Å²) in [5, 5.41) is 35.6. The fourth-order valence-electron chi connectivity index (χ4n) is 4.79. The summed E-state index contributed by atoms with van der Waals surface area (Å²) in [5.41, 5.74) is -1.46. The second-order valence-electron chi connectivity index (χ2n) is 9.18. The summed E-state index contributed by atoms with van der Waals surface area (Å²) in [4.78, 5) is 0. The number of nitrogens with zero attached hydrogens (tertiary/aromatic N) is 5. The zero-order valence-electron chi connectivity index (χ0n) is 21.1. The zero-order chi connectivity index (χ0) is 30.5. The van der Waals surface area contributed by atoms with Crippen molar-refractivity contribution in [3.8, 4) is 16.9 Å². The molecule has 2 aromatic carbocycles. The summed E-state index contributed by atoms with van der Waals surface area (Å²) in [5.74, 6) is -1.96. The Bertz CT molecular complexity index is 1660. The minimum Gasteiger partial charge on any atom is -0.394 e. The maximum atomic E-state index is 14.2. The minimum atomic E-state index is -4.80. The Kier molecular flexibility index (Phi) is 8.54. The van der Waals surface area contributed by atoms with Gasteiger partial charge in [0.25, 0.3) is 0 Å². The zero-order valence-corrected chi connectivity index (χ0v) is 24.2. The van der Waals surface area contributed by atoms with Crippen LogP contribution in [-0.2, 0) is 15.7 Å². The number of benzene rings is 2. The SMILES string of the molecule is CO[C@@H]1[C@@H](n2cc(-c3cc(F)c(Br)c(F)c3)nn2)[C@@H](O)[C@@H](CO)O[C@H]1c1n[nH]c(=S)n1-c1cc(Cl)ccc1C(F)(F)F. The summed E-state index contributed by atoms with van der Waals surface area (Å²) in [7, 11) is 1.25. The highest BCUT2D eigenvalue weighted by Gasteiger charge is 2.49. The van der Waals surface area contributed by atoms with Crippen molar-refractivity contribution < 1.29 is 41.6 Å². The van der Waals surface area contributed by atoms with E-state index >= 15 is 0 Å². The van der Waals surface area contributed by atoms with Crippen molar-refractivity contribution in [2.24, 2.45) is 0 Å². The van der Waals surface area contributed by atoms with E-state index in [0.717, 1.165) is 39.6 Å². The molecule has 3 N–H and O–H groups in total. The van der Waals surface area contributed by atoms with Crippen LogP contribution in [0.15, 0.2) is 41.0 Å². The van der Waals surface area contributed by atoms with Crippen LogP contribution >= 0.6 is 39.7 Å². The lowest BCUT2D eigenvalue weighted by Crippen LogP contribution is -2.53. The molecule has 1 aliphatic rings. The first-order valence-corrected chi connectivity index (χ1v) is 13.5. The standard InChI is InChI=1S/C24H19BrClF5N6O4S/c1-40-20-18(36-7-14(32-35-36)9-4-12(27)17(25)13(28)5-9)19(39)16(8-38)41-21(20)22-33-34-23(42)37(22)15-6-10(26)2-3-11(15)24(29,30)31/h2-7,16,18-21,38-39H,8H2,1H3,(H,34,42)/t16-,18+,19+,20-,21-/m1/s1. The number of H-pyrrole nitrogens is 1. The molecule has 0 amide bonds. The van der Waals surface area contributed by atoms with Crippen molar-refractivity contribution >= 4 is 39.7 Å². The predicted octanol–water partition coefficient (Wildman–Crippen LogP) is 4.95. The third-order valence-corrected chi connectivity index (χ3v) is 7.96. The van der Waals surface area contributed by atoms with Gasteiger partial charge >= 0.3 is 6.18 Å². The molecular weight excluding hydrogens is 679 g/mol. The normalized spacial score (nSPS) is 23.0. The van der Waals surface area contributed by atoms with Crippen LogP contribution in [0, 0.1) is 16.4 Å². The molecule has 0 aliphatic carbocycles. The van der Waals surface area contributed by atoms with Crippen LogP contribution in [0.1, 0.15) is 23.5 Å². The fourth-order valence-corrected chi connectivity index (χ4v) is 5.42. The van der Waals surface area contributed by atoms with Gasteiger partial charge in [-0.3, -0.25) is 9.67 Å². The molecule has 42 heavy (non-hydrogen) atoms. The molecule has 5 rings (SSSR count). The number of aliphatic hydroxyl groups excluding tert-OH is 2. The van der Waals surface area contributed by atoms with E-state index in [9.17, 15) is 32.2 Å². The average Bonchev–Trinajstić information content (AvgIpc) is 3.57. The van der Waals surface area contributed by atoms with Gasteiger partial charge in [-0.1, -0.05) is 16.8 Å². The number of rotatable bonds is 6. The van der Waals surface area contributed by atoms with Gasteiger partial charge in [0.15, 0.2) is 10.6 Å². The van der Waals surface area contributed by atoms with Crippen LogP contribution < -0.4 is 0 Å². The quantitative estimate of drug-likeness (QED) is 0.147. The molecule has 0 saturated carbocycles. The van der Waals surface area contributed by atoms with Crippen molar-refractivity contribution in [1.82, 2.24) is 29.8 Å². The fraction of sp³-hybridized carbons (Fsp3) is 0.333. The highest BCUT2D eigenvalue weighted by atomic mass is 79.9. The third-order valence-electron chi connectivity index (χ3n) is 6.69. The molecule has 0 unspecified atom stereocenters. The molecule has 3 heterocycles. The Morgan fingerprint density at radius 2 is 1.90 bits per heavy atom. The number of alkyl halides is 3. The number of aromatic amines is 1. The lowest BCUT2D eigenvalue weighted by molar-refractivity contribution is -0.217. The highest BCUT2D eigenvalue weighted by Crippen LogP contribution is 2.42. The molecule has 5 atom stereocenters. The van der Waals surface area contributed by atoms with Gasteiger partial charge in [-0.15, -0.1) is 5.10 Å².